The maximum atomic E-state index is 12.6. The molecule has 0 aliphatic rings. The summed E-state index contributed by atoms with van der Waals surface area (Å²) in [5.74, 6) is -2.25. The highest BCUT2D eigenvalue weighted by atomic mass is 32.2. The molecule has 0 bridgehead atoms. The SMILES string of the molecule is CCOC(=O)COc1cc(S(=O)(=O)O)cc2cc(NC(=O)Nc3ccc4c(O)cc(S(=O)(=O)[O-])cc4c3)ccc12.CCOC(=O)COc1cc(S(=O)(=O)O)cc2cc(NC(=O)Nc3ccc4c(O)cc(S(=O)(=O)[O-])cc4c3)ccc12.[NH4+].[NH4+]. The van der Waals surface area contributed by atoms with Crippen LogP contribution in [0.4, 0.5) is 32.3 Å². The largest absolute Gasteiger partial charge is 0.744 e. The van der Waals surface area contributed by atoms with E-state index in [1.165, 1.54) is 72.8 Å². The molecule has 0 radical (unpaired) electrons. The number of phenolic OH excluding ortho intramolecular Hbond substituents is 2. The summed E-state index contributed by atoms with van der Waals surface area (Å²) in [6.07, 6.45) is 0. The molecule has 0 aromatic heterocycles. The van der Waals surface area contributed by atoms with E-state index in [1.54, 1.807) is 13.8 Å². The van der Waals surface area contributed by atoms with Gasteiger partial charge in [-0.1, -0.05) is 0 Å². The molecule has 8 aromatic rings. The van der Waals surface area contributed by atoms with Crippen molar-refractivity contribution in [2.24, 2.45) is 0 Å². The Morgan fingerprint density at radius 3 is 0.988 bits per heavy atom. The summed E-state index contributed by atoms with van der Waals surface area (Å²) in [6.45, 7) is 2.45. The van der Waals surface area contributed by atoms with Crippen molar-refractivity contribution < 1.29 is 100 Å². The molecule has 16 N–H and O–H groups in total. The van der Waals surface area contributed by atoms with Gasteiger partial charge in [-0.3, -0.25) is 9.11 Å². The number of carbonyl (C=O) groups excluding carboxylic acids is 4. The minimum absolute atomic E-state index is 0. The zero-order valence-electron chi connectivity index (χ0n) is 43.1. The predicted molar refractivity (Wildman–Crippen MR) is 296 cm³/mol. The number of urea groups is 2. The molecule has 436 valence electrons. The summed E-state index contributed by atoms with van der Waals surface area (Å²) in [6, 6.07) is 24.0. The van der Waals surface area contributed by atoms with Gasteiger partial charge in [0.15, 0.2) is 13.2 Å². The van der Waals surface area contributed by atoms with Gasteiger partial charge in [0.1, 0.15) is 43.2 Å². The van der Waals surface area contributed by atoms with Gasteiger partial charge in [-0.25, -0.2) is 36.0 Å². The lowest BCUT2D eigenvalue weighted by Crippen LogP contribution is -2.19. The zero-order valence-corrected chi connectivity index (χ0v) is 46.4. The molecule has 0 fully saturated rings. The van der Waals surface area contributed by atoms with E-state index in [9.17, 15) is 81.3 Å². The molecule has 82 heavy (non-hydrogen) atoms. The first kappa shape index (κ1) is 63.9. The Kier molecular flexibility index (Phi) is 20.0. The molecule has 0 atom stereocenters. The quantitative estimate of drug-likeness (QED) is 0.0328. The first-order valence-electron chi connectivity index (χ1n) is 22.8. The summed E-state index contributed by atoms with van der Waals surface area (Å²) in [4.78, 5) is 46.4. The van der Waals surface area contributed by atoms with Crippen LogP contribution in [0.25, 0.3) is 43.1 Å². The number of amides is 4. The molecule has 8 rings (SSSR count). The lowest BCUT2D eigenvalue weighted by molar-refractivity contribution is -0.146. The van der Waals surface area contributed by atoms with Crippen molar-refractivity contribution in [2.75, 3.05) is 47.7 Å². The number of nitrogens with one attached hydrogen (secondary N) is 4. The second-order valence-corrected chi connectivity index (χ2v) is 22.3. The number of ether oxygens (including phenoxy) is 4. The third-order valence-electron chi connectivity index (χ3n) is 11.1. The van der Waals surface area contributed by atoms with Crippen molar-refractivity contribution in [3.63, 3.8) is 0 Å². The number of hydrogen-bond donors (Lipinski definition) is 10. The Morgan fingerprint density at radius 2 is 0.707 bits per heavy atom. The van der Waals surface area contributed by atoms with Gasteiger partial charge in [0, 0.05) is 56.4 Å². The normalized spacial score (nSPS) is 11.5. The Morgan fingerprint density at radius 1 is 0.427 bits per heavy atom. The van der Waals surface area contributed by atoms with Crippen LogP contribution in [0.1, 0.15) is 13.8 Å². The standard InChI is InChI=1S/2C25H22N2O11S2.2H3N/c2*1-2-37-24(29)13-38-23-12-19(40(34,35)36)10-15-8-17(4-6-21(15)23)27-25(30)26-16-3-5-20-14(7-16)9-18(11-22(20)28)39(31,32)33;;/h2*3-12,28H,2,13H2,1H3,(H2,26,27,30)(H,31,32,33)(H,34,35,36);2*1H3. The van der Waals surface area contributed by atoms with Crippen molar-refractivity contribution in [3.8, 4) is 23.0 Å². The Labute approximate surface area is 466 Å². The average molecular weight is 1220 g/mol. The Hall–Kier alpha value is -8.96. The number of hydrogen-bond acceptors (Lipinski definition) is 20. The molecule has 0 aliphatic heterocycles. The predicted octanol–water partition coefficient (Wildman–Crippen LogP) is 7.62. The minimum atomic E-state index is -4.83. The summed E-state index contributed by atoms with van der Waals surface area (Å²) < 4.78 is 155. The van der Waals surface area contributed by atoms with Crippen molar-refractivity contribution in [1.82, 2.24) is 12.3 Å². The fourth-order valence-corrected chi connectivity index (χ4v) is 9.78. The first-order valence-corrected chi connectivity index (χ1v) is 28.5. The van der Waals surface area contributed by atoms with E-state index < -0.39 is 109 Å². The molecule has 4 amide bonds. The van der Waals surface area contributed by atoms with Crippen LogP contribution < -0.4 is 43.0 Å². The van der Waals surface area contributed by atoms with Gasteiger partial charge in [-0.2, -0.15) is 16.8 Å². The van der Waals surface area contributed by atoms with Crippen LogP contribution in [0.2, 0.25) is 0 Å². The fraction of sp³-hybridized carbons (Fsp3) is 0.120. The molecule has 28 nitrogen and oxygen atoms in total. The van der Waals surface area contributed by atoms with E-state index >= 15 is 0 Å². The van der Waals surface area contributed by atoms with E-state index in [0.29, 0.717) is 10.8 Å². The molecular formula is C50H50N6O22S4. The molecule has 32 heteroatoms. The van der Waals surface area contributed by atoms with E-state index in [4.69, 9.17) is 18.9 Å². The molecule has 0 heterocycles. The first-order chi connectivity index (χ1) is 37.5. The van der Waals surface area contributed by atoms with Crippen LogP contribution in [0.5, 0.6) is 23.0 Å². The van der Waals surface area contributed by atoms with Crippen LogP contribution in [-0.2, 0) is 59.5 Å². The van der Waals surface area contributed by atoms with E-state index in [1.807, 2.05) is 0 Å². The van der Waals surface area contributed by atoms with Crippen molar-refractivity contribution in [1.29, 1.82) is 0 Å². The van der Waals surface area contributed by atoms with Crippen molar-refractivity contribution >= 4 is 130 Å². The second kappa shape index (κ2) is 25.7. The third-order valence-corrected chi connectivity index (χ3v) is 14.4. The van der Waals surface area contributed by atoms with Crippen LogP contribution in [0.3, 0.4) is 0 Å². The van der Waals surface area contributed by atoms with Gasteiger partial charge in [0.05, 0.1) is 32.8 Å². The number of fused-ring (bicyclic) bond motifs is 4. The highest BCUT2D eigenvalue weighted by molar-refractivity contribution is 7.86. The lowest BCUT2D eigenvalue weighted by atomic mass is 10.1. The average Bonchev–Trinajstić information content (AvgIpc) is 3.36. The van der Waals surface area contributed by atoms with Gasteiger partial charge >= 0.3 is 24.0 Å². The van der Waals surface area contributed by atoms with Gasteiger partial charge in [0.2, 0.25) is 0 Å². The van der Waals surface area contributed by atoms with Crippen LogP contribution in [-0.4, -0.2) is 113 Å². The molecule has 8 aromatic carbocycles. The Bertz CT molecular complexity index is 4030. The molecule has 0 unspecified atom stereocenters. The number of anilines is 4. The highest BCUT2D eigenvalue weighted by Gasteiger charge is 2.20. The lowest BCUT2D eigenvalue weighted by Gasteiger charge is -2.13. The molecule has 0 saturated heterocycles. The highest BCUT2D eigenvalue weighted by Crippen LogP contribution is 2.36. The van der Waals surface area contributed by atoms with Gasteiger partial charge in [-0.05, 0) is 145 Å². The Balaban J connectivity index is 0.000000293. The fourth-order valence-electron chi connectivity index (χ4n) is 7.66. The van der Waals surface area contributed by atoms with Crippen molar-refractivity contribution in [3.05, 3.63) is 121 Å². The molecule has 0 saturated carbocycles. The van der Waals surface area contributed by atoms with Crippen molar-refractivity contribution in [2.45, 2.75) is 33.4 Å². The summed E-state index contributed by atoms with van der Waals surface area (Å²) in [5.41, 5.74) is 0.835. The van der Waals surface area contributed by atoms with E-state index in [2.05, 4.69) is 21.3 Å². The van der Waals surface area contributed by atoms with E-state index in [-0.39, 0.29) is 92.1 Å². The maximum absolute atomic E-state index is 12.6. The number of phenols is 2. The van der Waals surface area contributed by atoms with Crippen LogP contribution >= 0.6 is 0 Å². The molecular weight excluding hydrogens is 1160 g/mol. The number of benzene rings is 8. The summed E-state index contributed by atoms with van der Waals surface area (Å²) in [7, 11) is -19.0. The van der Waals surface area contributed by atoms with Crippen LogP contribution in [0, 0.1) is 0 Å². The summed E-state index contributed by atoms with van der Waals surface area (Å²) in [5, 5.41) is 32.4. The zero-order chi connectivity index (χ0) is 58.5. The minimum Gasteiger partial charge on any atom is -0.744 e. The number of carbonyl (C=O) groups is 4. The molecule has 0 aliphatic carbocycles. The topological polar surface area (TPSA) is 490 Å². The smallest absolute Gasteiger partial charge is 0.344 e. The van der Waals surface area contributed by atoms with E-state index in [0.717, 1.165) is 48.5 Å². The van der Waals surface area contributed by atoms with Crippen LogP contribution in [0.15, 0.2) is 141 Å². The number of aromatic hydroxyl groups is 2. The van der Waals surface area contributed by atoms with Gasteiger partial charge in [-0.15, -0.1) is 0 Å². The number of rotatable bonds is 16. The third kappa shape index (κ3) is 16.1. The summed E-state index contributed by atoms with van der Waals surface area (Å²) >= 11 is 0. The molecule has 0 spiro atoms. The second-order valence-electron chi connectivity index (χ2n) is 16.7. The van der Waals surface area contributed by atoms with Gasteiger partial charge < -0.3 is 71.8 Å². The number of esters is 2. The maximum Gasteiger partial charge on any atom is 0.344 e. The monoisotopic (exact) mass is 1210 g/mol. The van der Waals surface area contributed by atoms with Gasteiger partial charge in [0.25, 0.3) is 20.2 Å². The number of quaternary nitrogens is 2.